The molecule has 3 N–H and O–H groups in total. The molecule has 2 rings (SSSR count). The second kappa shape index (κ2) is 9.68. The maximum Gasteiger partial charge on any atom is 0.335 e. The van der Waals surface area contributed by atoms with Gasteiger partial charge in [0.2, 0.25) is 11.8 Å². The van der Waals surface area contributed by atoms with Gasteiger partial charge in [0, 0.05) is 6.42 Å². The molecule has 0 radical (unpaired) electrons. The molecule has 1 aromatic heterocycles. The number of nitrogens with zero attached hydrogens (tertiary/aromatic N) is 2. The quantitative estimate of drug-likeness (QED) is 0.366. The van der Waals surface area contributed by atoms with E-state index in [4.69, 9.17) is 0 Å². The van der Waals surface area contributed by atoms with E-state index in [0.717, 1.165) is 47.6 Å². The highest BCUT2D eigenvalue weighted by molar-refractivity contribution is 5.84. The number of hydrazone groups is 1. The summed E-state index contributed by atoms with van der Waals surface area (Å²) >= 11 is 0. The summed E-state index contributed by atoms with van der Waals surface area (Å²) in [5.74, 6) is -0.816. The van der Waals surface area contributed by atoms with E-state index in [-0.39, 0.29) is 11.5 Å². The molecular weight excluding hydrogens is 360 g/mol. The van der Waals surface area contributed by atoms with Gasteiger partial charge in [0.25, 0.3) is 5.56 Å². The van der Waals surface area contributed by atoms with E-state index in [9.17, 15) is 19.5 Å². The number of aromatic hydroxyl groups is 1. The summed E-state index contributed by atoms with van der Waals surface area (Å²) in [6, 6.07) is 5.21. The lowest BCUT2D eigenvalue weighted by molar-refractivity contribution is -0.121. The van der Waals surface area contributed by atoms with Crippen LogP contribution in [0, 0.1) is 13.8 Å². The predicted octanol–water partition coefficient (Wildman–Crippen LogP) is 2.27. The number of nitrogens with one attached hydrogen (secondary N) is 2. The fourth-order valence-electron chi connectivity index (χ4n) is 2.70. The van der Waals surface area contributed by atoms with E-state index < -0.39 is 17.1 Å². The van der Waals surface area contributed by atoms with Crippen LogP contribution in [0.15, 0.2) is 32.9 Å². The lowest BCUT2D eigenvalue weighted by Gasteiger charge is -2.11. The van der Waals surface area contributed by atoms with Crippen LogP contribution in [-0.4, -0.2) is 26.8 Å². The molecule has 0 spiro atoms. The van der Waals surface area contributed by atoms with Crippen LogP contribution >= 0.6 is 0 Å². The van der Waals surface area contributed by atoms with Crippen LogP contribution in [0.5, 0.6) is 5.88 Å². The van der Waals surface area contributed by atoms with Crippen molar-refractivity contribution >= 4 is 12.1 Å². The molecular formula is C20H26N4O4. The minimum Gasteiger partial charge on any atom is -0.493 e. The van der Waals surface area contributed by atoms with Crippen molar-refractivity contribution in [2.75, 3.05) is 0 Å². The Kier molecular flexibility index (Phi) is 7.31. The highest BCUT2D eigenvalue weighted by atomic mass is 16.3. The van der Waals surface area contributed by atoms with Gasteiger partial charge in [0.1, 0.15) is 5.56 Å². The Labute approximate surface area is 162 Å². The van der Waals surface area contributed by atoms with Crippen molar-refractivity contribution in [3.63, 3.8) is 0 Å². The first-order chi connectivity index (χ1) is 13.3. The number of H-pyrrole nitrogens is 1. The molecule has 8 heteroatoms. The number of aromatic amines is 1. The molecule has 0 atom stereocenters. The molecule has 0 saturated heterocycles. The smallest absolute Gasteiger partial charge is 0.335 e. The number of unbranched alkanes of at least 4 members (excludes halogenated alkanes) is 3. The number of aromatic nitrogens is 2. The van der Waals surface area contributed by atoms with Crippen molar-refractivity contribution in [3.05, 3.63) is 55.7 Å². The molecule has 2 aromatic rings. The minimum atomic E-state index is -0.788. The first-order valence-electron chi connectivity index (χ1n) is 9.33. The van der Waals surface area contributed by atoms with Crippen molar-refractivity contribution in [1.29, 1.82) is 0 Å². The van der Waals surface area contributed by atoms with Crippen molar-refractivity contribution in [2.24, 2.45) is 5.10 Å². The third-order valence-corrected chi connectivity index (χ3v) is 4.51. The van der Waals surface area contributed by atoms with Crippen LogP contribution in [-0.2, 0) is 4.79 Å². The SMILES string of the molecule is CCCCCCC(=O)N/N=C\c1c(O)n(-c2ccc(C)c(C)c2)c(=O)[nH]c1=O. The molecule has 0 bridgehead atoms. The minimum absolute atomic E-state index is 0.218. The summed E-state index contributed by atoms with van der Waals surface area (Å²) in [4.78, 5) is 38.2. The van der Waals surface area contributed by atoms with Gasteiger partial charge in [-0.15, -0.1) is 0 Å². The molecule has 0 aliphatic rings. The first-order valence-corrected chi connectivity index (χ1v) is 9.33. The molecule has 1 amide bonds. The Morgan fingerprint density at radius 3 is 2.64 bits per heavy atom. The molecule has 0 aliphatic heterocycles. The molecule has 0 aliphatic carbocycles. The number of carbonyl (C=O) groups is 1. The predicted molar refractivity (Wildman–Crippen MR) is 108 cm³/mol. The molecule has 1 aromatic carbocycles. The summed E-state index contributed by atoms with van der Waals surface area (Å²) < 4.78 is 0.988. The highest BCUT2D eigenvalue weighted by Gasteiger charge is 2.14. The number of aryl methyl sites for hydroxylation is 2. The standard InChI is InChI=1S/C20H26N4O4/c1-4-5-6-7-8-17(25)23-21-12-16-18(26)22-20(28)24(19(16)27)15-10-9-13(2)14(3)11-15/h9-12,27H,4-8H2,1-3H3,(H,23,25)(H,22,26,28)/b21-12-. The molecule has 8 nitrogen and oxygen atoms in total. The summed E-state index contributed by atoms with van der Waals surface area (Å²) in [6.07, 6.45) is 5.25. The Bertz CT molecular complexity index is 989. The monoisotopic (exact) mass is 386 g/mol. The van der Waals surface area contributed by atoms with Gasteiger partial charge < -0.3 is 5.11 Å². The van der Waals surface area contributed by atoms with E-state index in [1.54, 1.807) is 12.1 Å². The van der Waals surface area contributed by atoms with E-state index in [1.165, 1.54) is 0 Å². The Morgan fingerprint density at radius 1 is 1.21 bits per heavy atom. The number of rotatable bonds is 8. The Morgan fingerprint density at radius 2 is 1.96 bits per heavy atom. The third-order valence-electron chi connectivity index (χ3n) is 4.51. The van der Waals surface area contributed by atoms with Gasteiger partial charge in [-0.3, -0.25) is 14.6 Å². The molecule has 0 fully saturated rings. The zero-order valence-electron chi connectivity index (χ0n) is 16.4. The largest absolute Gasteiger partial charge is 0.493 e. The molecule has 0 unspecified atom stereocenters. The van der Waals surface area contributed by atoms with E-state index in [1.807, 2.05) is 19.9 Å². The van der Waals surface area contributed by atoms with Crippen LogP contribution in [0.3, 0.4) is 0 Å². The van der Waals surface area contributed by atoms with Crippen molar-refractivity contribution in [1.82, 2.24) is 15.0 Å². The summed E-state index contributed by atoms with van der Waals surface area (Å²) in [6.45, 7) is 5.90. The lowest BCUT2D eigenvalue weighted by Crippen LogP contribution is -2.31. The average Bonchev–Trinajstić information content (AvgIpc) is 2.64. The lowest BCUT2D eigenvalue weighted by atomic mass is 10.1. The van der Waals surface area contributed by atoms with Crippen LogP contribution in [0.2, 0.25) is 0 Å². The van der Waals surface area contributed by atoms with Crippen LogP contribution in [0.4, 0.5) is 0 Å². The second-order valence-corrected chi connectivity index (χ2v) is 6.70. The third kappa shape index (κ3) is 5.18. The summed E-state index contributed by atoms with van der Waals surface area (Å²) in [7, 11) is 0. The summed E-state index contributed by atoms with van der Waals surface area (Å²) in [5, 5.41) is 14.2. The van der Waals surface area contributed by atoms with E-state index in [2.05, 4.69) is 22.4 Å². The van der Waals surface area contributed by atoms with Gasteiger partial charge in [-0.25, -0.2) is 14.8 Å². The number of carbonyl (C=O) groups excluding carboxylic acids is 1. The van der Waals surface area contributed by atoms with Crippen molar-refractivity contribution < 1.29 is 9.90 Å². The van der Waals surface area contributed by atoms with Gasteiger partial charge in [-0.2, -0.15) is 5.10 Å². The number of hydrogen-bond acceptors (Lipinski definition) is 5. The molecule has 1 heterocycles. The van der Waals surface area contributed by atoms with Crippen LogP contribution < -0.4 is 16.7 Å². The van der Waals surface area contributed by atoms with Gasteiger partial charge in [0.15, 0.2) is 0 Å². The van der Waals surface area contributed by atoms with Crippen molar-refractivity contribution in [3.8, 4) is 11.6 Å². The zero-order valence-corrected chi connectivity index (χ0v) is 16.4. The number of amides is 1. The first kappa shape index (κ1) is 21.1. The summed E-state index contributed by atoms with van der Waals surface area (Å²) in [5.41, 5.74) is 2.94. The van der Waals surface area contributed by atoms with E-state index >= 15 is 0 Å². The van der Waals surface area contributed by atoms with Gasteiger partial charge in [0.05, 0.1) is 11.9 Å². The molecule has 0 saturated carbocycles. The average molecular weight is 386 g/mol. The van der Waals surface area contributed by atoms with Crippen LogP contribution in [0.1, 0.15) is 55.7 Å². The fourth-order valence-corrected chi connectivity index (χ4v) is 2.70. The Hall–Kier alpha value is -3.16. The van der Waals surface area contributed by atoms with Crippen LogP contribution in [0.25, 0.3) is 5.69 Å². The highest BCUT2D eigenvalue weighted by Crippen LogP contribution is 2.18. The van der Waals surface area contributed by atoms with Gasteiger partial charge >= 0.3 is 5.69 Å². The van der Waals surface area contributed by atoms with Crippen molar-refractivity contribution in [2.45, 2.75) is 52.9 Å². The van der Waals surface area contributed by atoms with Gasteiger partial charge in [-0.1, -0.05) is 32.3 Å². The Balaban J connectivity index is 2.24. The van der Waals surface area contributed by atoms with Gasteiger partial charge in [-0.05, 0) is 43.5 Å². The topological polar surface area (TPSA) is 117 Å². The normalized spacial score (nSPS) is 11.1. The molecule has 28 heavy (non-hydrogen) atoms. The zero-order chi connectivity index (χ0) is 20.7. The fraction of sp³-hybridized carbons (Fsp3) is 0.400. The molecule has 150 valence electrons. The maximum atomic E-state index is 12.2. The van der Waals surface area contributed by atoms with E-state index in [0.29, 0.717) is 12.1 Å². The second-order valence-electron chi connectivity index (χ2n) is 6.70. The number of hydrogen-bond donors (Lipinski definition) is 3. The maximum absolute atomic E-state index is 12.2. The number of benzene rings is 1.